The van der Waals surface area contributed by atoms with Crippen molar-refractivity contribution in [1.29, 1.82) is 0 Å². The van der Waals surface area contributed by atoms with E-state index in [9.17, 15) is 4.21 Å². The van der Waals surface area contributed by atoms with Crippen molar-refractivity contribution < 1.29 is 4.21 Å². The highest BCUT2D eigenvalue weighted by molar-refractivity contribution is 7.84. The van der Waals surface area contributed by atoms with Gasteiger partial charge in [-0.05, 0) is 24.4 Å². The fourth-order valence-corrected chi connectivity index (χ4v) is 3.30. The number of hydrogen-bond donors (Lipinski definition) is 1. The summed E-state index contributed by atoms with van der Waals surface area (Å²) in [5.41, 5.74) is 0. The minimum Gasteiger partial charge on any atom is -0.336 e. The molecule has 0 bridgehead atoms. The second-order valence-electron chi connectivity index (χ2n) is 4.43. The van der Waals surface area contributed by atoms with E-state index in [2.05, 4.69) is 27.8 Å². The number of imidazole rings is 1. The molecule has 0 radical (unpaired) electrons. The molecule has 0 amide bonds. The van der Waals surface area contributed by atoms with Gasteiger partial charge in [-0.25, -0.2) is 4.98 Å². The summed E-state index contributed by atoms with van der Waals surface area (Å²) >= 11 is 1.73. The third-order valence-corrected chi connectivity index (χ3v) is 4.70. The lowest BCUT2D eigenvalue weighted by Gasteiger charge is -2.17. The summed E-state index contributed by atoms with van der Waals surface area (Å²) in [4.78, 5) is 5.69. The lowest BCUT2D eigenvalue weighted by atomic mass is 10.2. The summed E-state index contributed by atoms with van der Waals surface area (Å²) in [6.07, 6.45) is 6.43. The fraction of sp³-hybridized carbons (Fsp3) is 0.462. The second kappa shape index (κ2) is 6.98. The zero-order valence-corrected chi connectivity index (χ0v) is 12.8. The Kier molecular flexibility index (Phi) is 5.30. The van der Waals surface area contributed by atoms with Gasteiger partial charge in [0.2, 0.25) is 0 Å². The Morgan fingerprint density at radius 3 is 3.00 bits per heavy atom. The molecule has 0 saturated carbocycles. The molecule has 2 rings (SSSR count). The Balaban J connectivity index is 2.04. The molecule has 4 nitrogen and oxygen atoms in total. The van der Waals surface area contributed by atoms with Gasteiger partial charge in [-0.15, -0.1) is 11.3 Å². The number of nitrogens with one attached hydrogen (secondary N) is 1. The van der Waals surface area contributed by atoms with E-state index in [1.807, 2.05) is 24.0 Å². The van der Waals surface area contributed by atoms with Crippen LogP contribution in [-0.2, 0) is 17.8 Å². The predicted octanol–water partition coefficient (Wildman–Crippen LogP) is 1.93. The summed E-state index contributed by atoms with van der Waals surface area (Å²) in [7, 11) is 1.29. The zero-order valence-electron chi connectivity index (χ0n) is 11.2. The molecule has 1 N–H and O–H groups in total. The maximum atomic E-state index is 11.1. The van der Waals surface area contributed by atoms with E-state index in [0.717, 1.165) is 24.5 Å². The second-order valence-corrected chi connectivity index (χ2v) is 6.96. The molecule has 0 fully saturated rings. The molecule has 0 aliphatic rings. The average Bonchev–Trinajstić information content (AvgIpc) is 3.01. The summed E-state index contributed by atoms with van der Waals surface area (Å²) < 4.78 is 13.1. The van der Waals surface area contributed by atoms with Gasteiger partial charge in [0.05, 0.1) is 0 Å². The molecule has 0 aliphatic carbocycles. The molecular formula is C13H19N3OS2. The van der Waals surface area contributed by atoms with Gasteiger partial charge in [0.15, 0.2) is 0 Å². The van der Waals surface area contributed by atoms with Crippen molar-refractivity contribution in [3.05, 3.63) is 40.6 Å². The van der Waals surface area contributed by atoms with E-state index in [4.69, 9.17) is 0 Å². The van der Waals surface area contributed by atoms with Gasteiger partial charge in [-0.1, -0.05) is 6.07 Å². The zero-order chi connectivity index (χ0) is 13.7. The van der Waals surface area contributed by atoms with Crippen LogP contribution in [-0.4, -0.2) is 32.3 Å². The molecule has 2 heterocycles. The standard InChI is InChI=1S/C13H19N3OS2/c1-16-8-7-15-13(16)12(11-5-3-9-18-11)14-6-4-10-19(2)17/h3,5,7-9,12,14H,4,6,10H2,1-2H3. The highest BCUT2D eigenvalue weighted by atomic mass is 32.2. The molecule has 0 aliphatic heterocycles. The van der Waals surface area contributed by atoms with Crippen molar-refractivity contribution in [2.45, 2.75) is 12.5 Å². The Hall–Kier alpha value is -0.980. The first-order valence-electron chi connectivity index (χ1n) is 6.22. The number of aromatic nitrogens is 2. The topological polar surface area (TPSA) is 46.9 Å². The fourth-order valence-electron chi connectivity index (χ4n) is 1.95. The summed E-state index contributed by atoms with van der Waals surface area (Å²) in [6, 6.07) is 4.29. The van der Waals surface area contributed by atoms with Crippen LogP contribution >= 0.6 is 11.3 Å². The van der Waals surface area contributed by atoms with E-state index in [-0.39, 0.29) is 6.04 Å². The highest BCUT2D eigenvalue weighted by Gasteiger charge is 2.18. The monoisotopic (exact) mass is 297 g/mol. The lowest BCUT2D eigenvalue weighted by molar-refractivity contribution is 0.562. The van der Waals surface area contributed by atoms with Crippen molar-refractivity contribution in [2.75, 3.05) is 18.6 Å². The normalized spacial score (nSPS) is 14.4. The summed E-state index contributed by atoms with van der Waals surface area (Å²) in [6.45, 7) is 0.842. The Bertz CT molecular complexity index is 522. The SMILES string of the molecule is Cn1ccnc1C(NCCCS(C)=O)c1cccs1. The molecule has 0 aromatic carbocycles. The lowest BCUT2D eigenvalue weighted by Crippen LogP contribution is -2.26. The smallest absolute Gasteiger partial charge is 0.131 e. The third kappa shape index (κ3) is 3.99. The van der Waals surface area contributed by atoms with E-state index in [1.54, 1.807) is 17.6 Å². The van der Waals surface area contributed by atoms with Crippen LogP contribution < -0.4 is 5.32 Å². The van der Waals surface area contributed by atoms with Crippen LogP contribution in [0.1, 0.15) is 23.2 Å². The number of hydrogen-bond acceptors (Lipinski definition) is 4. The Morgan fingerprint density at radius 1 is 1.58 bits per heavy atom. The van der Waals surface area contributed by atoms with Crippen LogP contribution in [0.4, 0.5) is 0 Å². The van der Waals surface area contributed by atoms with Crippen LogP contribution in [0.25, 0.3) is 0 Å². The molecule has 2 unspecified atom stereocenters. The van der Waals surface area contributed by atoms with Crippen LogP contribution in [0.2, 0.25) is 0 Å². The maximum absolute atomic E-state index is 11.1. The van der Waals surface area contributed by atoms with Crippen LogP contribution in [0, 0.1) is 0 Å². The average molecular weight is 297 g/mol. The largest absolute Gasteiger partial charge is 0.336 e. The van der Waals surface area contributed by atoms with Gasteiger partial charge in [0.1, 0.15) is 11.9 Å². The van der Waals surface area contributed by atoms with Crippen molar-refractivity contribution in [3.8, 4) is 0 Å². The van der Waals surface area contributed by atoms with Crippen LogP contribution in [0.3, 0.4) is 0 Å². The Morgan fingerprint density at radius 2 is 2.42 bits per heavy atom. The molecule has 104 valence electrons. The van der Waals surface area contributed by atoms with Gasteiger partial charge >= 0.3 is 0 Å². The molecule has 2 aromatic heterocycles. The minimum atomic E-state index is -0.716. The molecule has 0 spiro atoms. The van der Waals surface area contributed by atoms with Gasteiger partial charge in [-0.3, -0.25) is 4.21 Å². The highest BCUT2D eigenvalue weighted by Crippen LogP contribution is 2.24. The molecular weight excluding hydrogens is 278 g/mol. The van der Waals surface area contributed by atoms with E-state index >= 15 is 0 Å². The van der Waals surface area contributed by atoms with E-state index in [1.165, 1.54) is 4.88 Å². The van der Waals surface area contributed by atoms with Crippen LogP contribution in [0.5, 0.6) is 0 Å². The van der Waals surface area contributed by atoms with Crippen molar-refractivity contribution in [1.82, 2.24) is 14.9 Å². The first-order chi connectivity index (χ1) is 9.18. The minimum absolute atomic E-state index is 0.116. The molecule has 2 aromatic rings. The maximum Gasteiger partial charge on any atom is 0.131 e. The third-order valence-electron chi connectivity index (χ3n) is 2.90. The van der Waals surface area contributed by atoms with Gasteiger partial charge in [0, 0.05) is 47.1 Å². The van der Waals surface area contributed by atoms with E-state index in [0.29, 0.717) is 0 Å². The number of aryl methyl sites for hydroxylation is 1. The van der Waals surface area contributed by atoms with Gasteiger partial charge in [-0.2, -0.15) is 0 Å². The predicted molar refractivity (Wildman–Crippen MR) is 80.9 cm³/mol. The molecule has 19 heavy (non-hydrogen) atoms. The molecule has 0 saturated heterocycles. The molecule has 6 heteroatoms. The number of rotatable bonds is 7. The quantitative estimate of drug-likeness (QED) is 0.794. The number of nitrogens with zero attached hydrogens (tertiary/aromatic N) is 2. The molecule has 2 atom stereocenters. The summed E-state index contributed by atoms with van der Waals surface area (Å²) in [5.74, 6) is 1.75. The van der Waals surface area contributed by atoms with Crippen molar-refractivity contribution >= 4 is 22.1 Å². The van der Waals surface area contributed by atoms with Crippen molar-refractivity contribution in [2.24, 2.45) is 7.05 Å². The first-order valence-corrected chi connectivity index (χ1v) is 8.83. The summed E-state index contributed by atoms with van der Waals surface area (Å²) in [5, 5.41) is 5.59. The first kappa shape index (κ1) is 14.4. The van der Waals surface area contributed by atoms with Gasteiger partial charge in [0.25, 0.3) is 0 Å². The number of thiophene rings is 1. The Labute approximate surface area is 120 Å². The van der Waals surface area contributed by atoms with Crippen LogP contribution in [0.15, 0.2) is 29.9 Å². The van der Waals surface area contributed by atoms with E-state index < -0.39 is 10.8 Å². The van der Waals surface area contributed by atoms with Gasteiger partial charge < -0.3 is 9.88 Å². The van der Waals surface area contributed by atoms with Crippen molar-refractivity contribution in [3.63, 3.8) is 0 Å².